The number of carbonyl (C=O) groups excluding carboxylic acids is 1. The van der Waals surface area contributed by atoms with Crippen molar-refractivity contribution in [1.29, 1.82) is 0 Å². The van der Waals surface area contributed by atoms with Crippen LogP contribution in [0.3, 0.4) is 0 Å². The number of aromatic nitrogens is 3. The van der Waals surface area contributed by atoms with Crippen LogP contribution >= 0.6 is 0 Å². The average molecular weight is 411 g/mol. The molecule has 0 bridgehead atoms. The van der Waals surface area contributed by atoms with E-state index in [1.165, 1.54) is 6.92 Å². The first kappa shape index (κ1) is 19.1. The molecule has 1 saturated carbocycles. The Morgan fingerprint density at radius 3 is 2.55 bits per heavy atom. The summed E-state index contributed by atoms with van der Waals surface area (Å²) in [7, 11) is -3.48. The summed E-state index contributed by atoms with van der Waals surface area (Å²) in [6.45, 7) is 1.54. The Balaban J connectivity index is 1.48. The van der Waals surface area contributed by atoms with E-state index < -0.39 is 15.9 Å². The molecule has 1 amide bonds. The van der Waals surface area contributed by atoms with Gasteiger partial charge < -0.3 is 5.32 Å². The van der Waals surface area contributed by atoms with Gasteiger partial charge in [0.15, 0.2) is 5.82 Å². The quantitative estimate of drug-likeness (QED) is 0.551. The molecule has 0 radical (unpaired) electrons. The molecule has 0 unspecified atom stereocenters. The minimum absolute atomic E-state index is 0.0753. The van der Waals surface area contributed by atoms with Gasteiger partial charge in [0.25, 0.3) is 5.91 Å². The van der Waals surface area contributed by atoms with Gasteiger partial charge in [0, 0.05) is 17.2 Å². The molecular weight excluding hydrogens is 390 g/mol. The Bertz CT molecular complexity index is 1130. The van der Waals surface area contributed by atoms with Crippen molar-refractivity contribution in [2.75, 3.05) is 15.8 Å². The van der Waals surface area contributed by atoms with Crippen LogP contribution < -0.4 is 10.0 Å². The summed E-state index contributed by atoms with van der Waals surface area (Å²) >= 11 is 0. The van der Waals surface area contributed by atoms with Gasteiger partial charge >= 0.3 is 0 Å². The standard InChI is InChI=1S/C20H21N5O3S/c1-2-29(27,28)25-17-6-4-3-5-16(17)20(26)21-15-11-9-14(10-12-15)19-22-18(23-24-19)13-7-8-13/h3-6,9-13,25H,2,7-8H2,1H3,(H,21,26)(H,22,23,24). The number of amides is 1. The number of H-pyrrole nitrogens is 1. The maximum atomic E-state index is 12.7. The van der Waals surface area contributed by atoms with Gasteiger partial charge in [0.1, 0.15) is 5.82 Å². The van der Waals surface area contributed by atoms with Crippen molar-refractivity contribution < 1.29 is 13.2 Å². The zero-order chi connectivity index (χ0) is 20.4. The third-order valence-electron chi connectivity index (χ3n) is 4.68. The van der Waals surface area contributed by atoms with Gasteiger partial charge in [-0.25, -0.2) is 13.4 Å². The molecule has 150 valence electrons. The first-order valence-electron chi connectivity index (χ1n) is 9.39. The van der Waals surface area contributed by atoms with E-state index in [9.17, 15) is 13.2 Å². The number of rotatable bonds is 7. The molecule has 3 aromatic rings. The van der Waals surface area contributed by atoms with Gasteiger partial charge in [-0.15, -0.1) is 0 Å². The molecule has 0 atom stereocenters. The van der Waals surface area contributed by atoms with E-state index in [4.69, 9.17) is 0 Å². The smallest absolute Gasteiger partial charge is 0.257 e. The second-order valence-electron chi connectivity index (χ2n) is 6.90. The summed E-state index contributed by atoms with van der Waals surface area (Å²) in [5, 5.41) is 10.0. The predicted octanol–water partition coefficient (Wildman–Crippen LogP) is 3.36. The second-order valence-corrected chi connectivity index (χ2v) is 8.91. The number of aromatic amines is 1. The Morgan fingerprint density at radius 1 is 1.14 bits per heavy atom. The van der Waals surface area contributed by atoms with Crippen molar-refractivity contribution in [2.24, 2.45) is 0 Å². The van der Waals surface area contributed by atoms with Crippen LogP contribution in [0.25, 0.3) is 11.4 Å². The van der Waals surface area contributed by atoms with E-state index in [1.807, 2.05) is 12.1 Å². The van der Waals surface area contributed by atoms with Crippen LogP contribution in [0.15, 0.2) is 48.5 Å². The Hall–Kier alpha value is -3.20. The molecule has 0 spiro atoms. The van der Waals surface area contributed by atoms with Crippen molar-refractivity contribution in [3.63, 3.8) is 0 Å². The van der Waals surface area contributed by atoms with Crippen molar-refractivity contribution in [2.45, 2.75) is 25.7 Å². The van der Waals surface area contributed by atoms with Gasteiger partial charge in [0.2, 0.25) is 10.0 Å². The monoisotopic (exact) mass is 411 g/mol. The SMILES string of the molecule is CCS(=O)(=O)Nc1ccccc1C(=O)Nc1ccc(-c2n[nH]c(C3CC3)n2)cc1. The summed E-state index contributed by atoms with van der Waals surface area (Å²) in [5.41, 5.74) is 1.93. The Morgan fingerprint density at radius 2 is 1.86 bits per heavy atom. The van der Waals surface area contributed by atoms with E-state index in [1.54, 1.807) is 36.4 Å². The van der Waals surface area contributed by atoms with E-state index in [0.717, 1.165) is 24.2 Å². The number of nitrogens with one attached hydrogen (secondary N) is 3. The zero-order valence-electron chi connectivity index (χ0n) is 15.8. The van der Waals surface area contributed by atoms with Gasteiger partial charge in [-0.1, -0.05) is 12.1 Å². The fourth-order valence-corrected chi connectivity index (χ4v) is 3.51. The Kier molecular flexibility index (Phi) is 5.06. The van der Waals surface area contributed by atoms with Crippen molar-refractivity contribution >= 4 is 27.3 Å². The van der Waals surface area contributed by atoms with Gasteiger partial charge in [-0.05, 0) is 56.2 Å². The van der Waals surface area contributed by atoms with Crippen LogP contribution in [0, 0.1) is 0 Å². The third-order valence-corrected chi connectivity index (χ3v) is 5.98. The molecule has 1 fully saturated rings. The molecule has 1 aromatic heterocycles. The molecule has 1 heterocycles. The first-order chi connectivity index (χ1) is 13.9. The highest BCUT2D eigenvalue weighted by molar-refractivity contribution is 7.92. The third kappa shape index (κ3) is 4.45. The summed E-state index contributed by atoms with van der Waals surface area (Å²) in [4.78, 5) is 17.2. The van der Waals surface area contributed by atoms with Crippen LogP contribution in [0.4, 0.5) is 11.4 Å². The maximum Gasteiger partial charge on any atom is 0.257 e. The normalized spacial score (nSPS) is 13.8. The van der Waals surface area contributed by atoms with Crippen LogP contribution in [-0.2, 0) is 10.0 Å². The van der Waals surface area contributed by atoms with Crippen molar-refractivity contribution in [3.8, 4) is 11.4 Å². The lowest BCUT2D eigenvalue weighted by atomic mass is 10.1. The summed E-state index contributed by atoms with van der Waals surface area (Å²) in [6.07, 6.45) is 2.30. The molecule has 9 heteroatoms. The highest BCUT2D eigenvalue weighted by Crippen LogP contribution is 2.38. The van der Waals surface area contributed by atoms with Crippen molar-refractivity contribution in [3.05, 3.63) is 59.9 Å². The molecule has 8 nitrogen and oxygen atoms in total. The van der Waals surface area contributed by atoms with Crippen LogP contribution in [0.1, 0.15) is 41.9 Å². The lowest BCUT2D eigenvalue weighted by Gasteiger charge is -2.12. The highest BCUT2D eigenvalue weighted by Gasteiger charge is 2.27. The highest BCUT2D eigenvalue weighted by atomic mass is 32.2. The summed E-state index contributed by atoms with van der Waals surface area (Å²) in [6, 6.07) is 13.7. The Labute approximate surface area is 168 Å². The molecule has 0 aliphatic heterocycles. The fourth-order valence-electron chi connectivity index (χ4n) is 2.85. The minimum atomic E-state index is -3.48. The molecule has 2 aromatic carbocycles. The van der Waals surface area contributed by atoms with Crippen LogP contribution in [-0.4, -0.2) is 35.3 Å². The molecule has 3 N–H and O–H groups in total. The largest absolute Gasteiger partial charge is 0.322 e. The van der Waals surface area contributed by atoms with E-state index in [-0.39, 0.29) is 17.0 Å². The van der Waals surface area contributed by atoms with E-state index in [2.05, 4.69) is 25.2 Å². The predicted molar refractivity (Wildman–Crippen MR) is 111 cm³/mol. The summed E-state index contributed by atoms with van der Waals surface area (Å²) in [5.74, 6) is 1.57. The number of hydrogen-bond acceptors (Lipinski definition) is 5. The molecule has 1 aliphatic rings. The lowest BCUT2D eigenvalue weighted by Crippen LogP contribution is -2.19. The minimum Gasteiger partial charge on any atom is -0.322 e. The fraction of sp³-hybridized carbons (Fsp3) is 0.250. The number of hydrogen-bond donors (Lipinski definition) is 3. The maximum absolute atomic E-state index is 12.7. The van der Waals surface area contributed by atoms with Gasteiger partial charge in [0.05, 0.1) is 17.0 Å². The van der Waals surface area contributed by atoms with Crippen LogP contribution in [0.2, 0.25) is 0 Å². The summed E-state index contributed by atoms with van der Waals surface area (Å²) < 4.78 is 26.2. The lowest BCUT2D eigenvalue weighted by molar-refractivity contribution is 0.102. The van der Waals surface area contributed by atoms with Crippen molar-refractivity contribution in [1.82, 2.24) is 15.2 Å². The molecule has 29 heavy (non-hydrogen) atoms. The first-order valence-corrected chi connectivity index (χ1v) is 11.0. The number of anilines is 2. The zero-order valence-corrected chi connectivity index (χ0v) is 16.7. The van der Waals surface area contributed by atoms with E-state index in [0.29, 0.717) is 17.4 Å². The second kappa shape index (κ2) is 7.67. The number of nitrogens with zero attached hydrogens (tertiary/aromatic N) is 2. The number of carbonyl (C=O) groups is 1. The molecule has 0 saturated heterocycles. The van der Waals surface area contributed by atoms with Crippen LogP contribution in [0.5, 0.6) is 0 Å². The topological polar surface area (TPSA) is 117 Å². The van der Waals surface area contributed by atoms with Gasteiger partial charge in [-0.2, -0.15) is 5.10 Å². The number of benzene rings is 2. The van der Waals surface area contributed by atoms with Gasteiger partial charge in [-0.3, -0.25) is 14.6 Å². The average Bonchev–Trinajstić information content (AvgIpc) is 3.45. The number of para-hydroxylation sites is 1. The van der Waals surface area contributed by atoms with E-state index >= 15 is 0 Å². The molecule has 1 aliphatic carbocycles. The number of sulfonamides is 1. The molecule has 4 rings (SSSR count). The molecular formula is C20H21N5O3S.